The minimum Gasteiger partial charge on any atom is -0.454 e. The molecule has 112 valence electrons. The SMILES string of the molecule is CC(C)CNC(N)=NCc1cc(Br)c2c(c1)OCO2.I. The van der Waals surface area contributed by atoms with E-state index in [4.69, 9.17) is 15.2 Å². The smallest absolute Gasteiger partial charge is 0.231 e. The maximum absolute atomic E-state index is 5.79. The van der Waals surface area contributed by atoms with Crippen LogP contribution in [0.3, 0.4) is 0 Å². The van der Waals surface area contributed by atoms with E-state index in [0.717, 1.165) is 28.1 Å². The lowest BCUT2D eigenvalue weighted by Gasteiger charge is -2.08. The highest BCUT2D eigenvalue weighted by atomic mass is 127. The van der Waals surface area contributed by atoms with Crippen LogP contribution in [-0.4, -0.2) is 19.3 Å². The quantitative estimate of drug-likeness (QED) is 0.416. The lowest BCUT2D eigenvalue weighted by molar-refractivity contribution is 0.173. The number of hydrogen-bond donors (Lipinski definition) is 2. The topological polar surface area (TPSA) is 68.9 Å². The normalized spacial score (nSPS) is 13.3. The third-order valence-electron chi connectivity index (χ3n) is 2.61. The van der Waals surface area contributed by atoms with E-state index in [9.17, 15) is 0 Å². The molecule has 0 aliphatic carbocycles. The van der Waals surface area contributed by atoms with Crippen LogP contribution in [0.4, 0.5) is 0 Å². The molecule has 0 unspecified atom stereocenters. The molecule has 1 heterocycles. The summed E-state index contributed by atoms with van der Waals surface area (Å²) in [7, 11) is 0. The molecule has 0 aromatic heterocycles. The number of halogens is 2. The highest BCUT2D eigenvalue weighted by Gasteiger charge is 2.17. The van der Waals surface area contributed by atoms with Crippen LogP contribution in [0.1, 0.15) is 19.4 Å². The zero-order chi connectivity index (χ0) is 13.8. The molecule has 1 aliphatic heterocycles. The molecule has 1 aromatic carbocycles. The standard InChI is InChI=1S/C13H18BrN3O2.HI/c1-8(2)5-16-13(15)17-6-9-3-10(14)12-11(4-9)18-7-19-12;/h3-4,8H,5-7H2,1-2H3,(H3,15,16,17);1H. The van der Waals surface area contributed by atoms with Crippen molar-refractivity contribution in [3.05, 3.63) is 22.2 Å². The predicted molar refractivity (Wildman–Crippen MR) is 93.8 cm³/mol. The van der Waals surface area contributed by atoms with E-state index in [2.05, 4.69) is 40.1 Å². The maximum Gasteiger partial charge on any atom is 0.231 e. The number of nitrogens with two attached hydrogens (primary N) is 1. The van der Waals surface area contributed by atoms with Crippen LogP contribution >= 0.6 is 39.9 Å². The lowest BCUT2D eigenvalue weighted by Crippen LogP contribution is -2.34. The first-order chi connectivity index (χ1) is 9.06. The fraction of sp³-hybridized carbons (Fsp3) is 0.462. The lowest BCUT2D eigenvalue weighted by atomic mass is 10.2. The summed E-state index contributed by atoms with van der Waals surface area (Å²) >= 11 is 3.45. The number of nitrogens with one attached hydrogen (secondary N) is 1. The second kappa shape index (κ2) is 7.92. The third-order valence-corrected chi connectivity index (χ3v) is 3.20. The zero-order valence-corrected chi connectivity index (χ0v) is 15.4. The molecule has 5 nitrogen and oxygen atoms in total. The van der Waals surface area contributed by atoms with E-state index in [0.29, 0.717) is 18.4 Å². The summed E-state index contributed by atoms with van der Waals surface area (Å²) in [6, 6.07) is 3.89. The maximum atomic E-state index is 5.79. The van der Waals surface area contributed by atoms with E-state index in [1.54, 1.807) is 0 Å². The van der Waals surface area contributed by atoms with Gasteiger partial charge in [0.05, 0.1) is 11.0 Å². The van der Waals surface area contributed by atoms with Crippen molar-refractivity contribution in [2.45, 2.75) is 20.4 Å². The van der Waals surface area contributed by atoms with Crippen LogP contribution in [0.25, 0.3) is 0 Å². The Labute approximate surface area is 144 Å². The zero-order valence-electron chi connectivity index (χ0n) is 11.5. The fourth-order valence-corrected chi connectivity index (χ4v) is 2.26. The molecule has 0 saturated carbocycles. The number of fused-ring (bicyclic) bond motifs is 1. The Morgan fingerprint density at radius 3 is 2.90 bits per heavy atom. The van der Waals surface area contributed by atoms with Gasteiger partial charge in [-0.2, -0.15) is 0 Å². The molecule has 0 atom stereocenters. The molecule has 0 saturated heterocycles. The molecule has 0 radical (unpaired) electrons. The number of benzene rings is 1. The van der Waals surface area contributed by atoms with E-state index in [1.807, 2.05) is 12.1 Å². The number of hydrogen-bond acceptors (Lipinski definition) is 3. The van der Waals surface area contributed by atoms with Crippen LogP contribution in [0.15, 0.2) is 21.6 Å². The average molecular weight is 456 g/mol. The van der Waals surface area contributed by atoms with E-state index in [-0.39, 0.29) is 30.8 Å². The predicted octanol–water partition coefficient (Wildman–Crippen LogP) is 2.86. The molecule has 7 heteroatoms. The first-order valence-electron chi connectivity index (χ1n) is 6.18. The van der Waals surface area contributed by atoms with Crippen molar-refractivity contribution >= 4 is 45.9 Å². The molecule has 0 bridgehead atoms. The highest BCUT2D eigenvalue weighted by Crippen LogP contribution is 2.40. The number of aliphatic imine (C=N–C) groups is 1. The van der Waals surface area contributed by atoms with Crippen molar-refractivity contribution in [2.24, 2.45) is 16.6 Å². The van der Waals surface area contributed by atoms with Gasteiger partial charge in [0.25, 0.3) is 0 Å². The Kier molecular flexibility index (Phi) is 6.87. The second-order valence-electron chi connectivity index (χ2n) is 4.79. The van der Waals surface area contributed by atoms with Crippen molar-refractivity contribution < 1.29 is 9.47 Å². The second-order valence-corrected chi connectivity index (χ2v) is 5.64. The molecular weight excluding hydrogens is 437 g/mol. The van der Waals surface area contributed by atoms with Gasteiger partial charge in [-0.05, 0) is 39.5 Å². The van der Waals surface area contributed by atoms with Crippen molar-refractivity contribution in [1.82, 2.24) is 5.32 Å². The van der Waals surface area contributed by atoms with Crippen molar-refractivity contribution in [1.29, 1.82) is 0 Å². The average Bonchev–Trinajstić information content (AvgIpc) is 2.82. The molecule has 3 N–H and O–H groups in total. The van der Waals surface area contributed by atoms with Crippen molar-refractivity contribution in [3.8, 4) is 11.5 Å². The van der Waals surface area contributed by atoms with Gasteiger partial charge in [-0.25, -0.2) is 4.99 Å². The van der Waals surface area contributed by atoms with Crippen LogP contribution < -0.4 is 20.5 Å². The summed E-state index contributed by atoms with van der Waals surface area (Å²) in [5, 5.41) is 3.08. The fourth-order valence-electron chi connectivity index (χ4n) is 1.65. The first kappa shape index (κ1) is 17.4. The number of nitrogens with zero attached hydrogens (tertiary/aromatic N) is 1. The molecular formula is C13H19BrIN3O2. The largest absolute Gasteiger partial charge is 0.454 e. The monoisotopic (exact) mass is 455 g/mol. The Hall–Kier alpha value is -0.700. The summed E-state index contributed by atoms with van der Waals surface area (Å²) < 4.78 is 11.6. The molecule has 0 fully saturated rings. The summed E-state index contributed by atoms with van der Waals surface area (Å²) in [4.78, 5) is 4.30. The van der Waals surface area contributed by atoms with Gasteiger partial charge in [0.15, 0.2) is 17.5 Å². The number of guanidine groups is 1. The molecule has 1 aliphatic rings. The van der Waals surface area contributed by atoms with Gasteiger partial charge in [-0.1, -0.05) is 13.8 Å². The third kappa shape index (κ3) is 4.69. The van der Waals surface area contributed by atoms with Gasteiger partial charge in [0, 0.05) is 6.54 Å². The summed E-state index contributed by atoms with van der Waals surface area (Å²) in [6.45, 7) is 5.83. The van der Waals surface area contributed by atoms with E-state index < -0.39 is 0 Å². The van der Waals surface area contributed by atoms with Gasteiger partial charge in [0.1, 0.15) is 0 Å². The number of rotatable bonds is 4. The minimum absolute atomic E-state index is 0. The van der Waals surface area contributed by atoms with Gasteiger partial charge < -0.3 is 20.5 Å². The van der Waals surface area contributed by atoms with Gasteiger partial charge in [-0.15, -0.1) is 24.0 Å². The Morgan fingerprint density at radius 1 is 1.45 bits per heavy atom. The van der Waals surface area contributed by atoms with E-state index in [1.165, 1.54) is 0 Å². The van der Waals surface area contributed by atoms with Crippen molar-refractivity contribution in [2.75, 3.05) is 13.3 Å². The molecule has 0 spiro atoms. The van der Waals surface area contributed by atoms with E-state index >= 15 is 0 Å². The minimum atomic E-state index is 0. The van der Waals surface area contributed by atoms with Gasteiger partial charge in [-0.3, -0.25) is 0 Å². The molecule has 0 amide bonds. The molecule has 2 rings (SSSR count). The first-order valence-corrected chi connectivity index (χ1v) is 6.97. The summed E-state index contributed by atoms with van der Waals surface area (Å²) in [5.41, 5.74) is 6.81. The molecule has 1 aromatic rings. The Balaban J connectivity index is 0.00000200. The van der Waals surface area contributed by atoms with Gasteiger partial charge >= 0.3 is 0 Å². The van der Waals surface area contributed by atoms with Crippen molar-refractivity contribution in [3.63, 3.8) is 0 Å². The van der Waals surface area contributed by atoms with Crippen LogP contribution in [0.5, 0.6) is 11.5 Å². The summed E-state index contributed by atoms with van der Waals surface area (Å²) in [6.07, 6.45) is 0. The number of ether oxygens (including phenoxy) is 2. The highest BCUT2D eigenvalue weighted by molar-refractivity contribution is 14.0. The van der Waals surface area contributed by atoms with Crippen LogP contribution in [0.2, 0.25) is 0 Å². The van der Waals surface area contributed by atoms with Crippen LogP contribution in [-0.2, 0) is 6.54 Å². The van der Waals surface area contributed by atoms with Crippen LogP contribution in [0, 0.1) is 5.92 Å². The molecule has 20 heavy (non-hydrogen) atoms. The Bertz CT molecular complexity index is 495. The Morgan fingerprint density at radius 2 is 2.20 bits per heavy atom. The van der Waals surface area contributed by atoms with Gasteiger partial charge in [0.2, 0.25) is 6.79 Å². The summed E-state index contributed by atoms with van der Waals surface area (Å²) in [5.74, 6) is 2.49.